The summed E-state index contributed by atoms with van der Waals surface area (Å²) in [4.78, 5) is 0. The van der Waals surface area contributed by atoms with E-state index in [4.69, 9.17) is 16.3 Å². The van der Waals surface area contributed by atoms with Gasteiger partial charge in [-0.15, -0.1) is 12.1 Å². The first-order valence-electron chi connectivity index (χ1n) is 4.78. The molecule has 0 bridgehead atoms. The Hall–Kier alpha value is -0.294. The molecular weight excluding hydrogens is 331 g/mol. The zero-order chi connectivity index (χ0) is 11.4. The molecular formula is C13H9BrClFMgO. The van der Waals surface area contributed by atoms with E-state index < -0.39 is 5.82 Å². The molecule has 0 aliphatic heterocycles. The van der Waals surface area contributed by atoms with Gasteiger partial charge >= 0.3 is 23.1 Å². The fraction of sp³-hybridized carbons (Fsp3) is 0.0769. The minimum atomic E-state index is -0.417. The molecule has 0 saturated heterocycles. The van der Waals surface area contributed by atoms with Crippen molar-refractivity contribution in [3.63, 3.8) is 0 Å². The largest absolute Gasteiger partial charge is 2.00 e. The maximum Gasteiger partial charge on any atom is 2.00 e. The molecule has 0 aliphatic carbocycles. The third kappa shape index (κ3) is 5.14. The van der Waals surface area contributed by atoms with Gasteiger partial charge in [-0.25, -0.2) is 4.39 Å². The van der Waals surface area contributed by atoms with Crippen LogP contribution in [0.3, 0.4) is 0 Å². The molecule has 0 aromatic heterocycles. The minimum absolute atomic E-state index is 0. The molecule has 1 nitrogen and oxygen atoms in total. The summed E-state index contributed by atoms with van der Waals surface area (Å²) >= 11 is 5.66. The van der Waals surface area contributed by atoms with Crippen LogP contribution in [0.1, 0.15) is 5.56 Å². The molecule has 0 heterocycles. The first-order valence-corrected chi connectivity index (χ1v) is 5.16. The van der Waals surface area contributed by atoms with Crippen molar-refractivity contribution in [2.75, 3.05) is 0 Å². The van der Waals surface area contributed by atoms with Crippen LogP contribution in [0, 0.1) is 11.9 Å². The molecule has 0 aliphatic rings. The van der Waals surface area contributed by atoms with Gasteiger partial charge in [-0.05, 0) is 17.7 Å². The quantitative estimate of drug-likeness (QED) is 0.584. The number of rotatable bonds is 3. The van der Waals surface area contributed by atoms with Crippen molar-refractivity contribution in [1.29, 1.82) is 0 Å². The van der Waals surface area contributed by atoms with Crippen LogP contribution >= 0.6 is 11.6 Å². The Balaban J connectivity index is 0.00000144. The zero-order valence-corrected chi connectivity index (χ0v) is 13.3. The molecule has 0 spiro atoms. The van der Waals surface area contributed by atoms with Crippen molar-refractivity contribution in [3.8, 4) is 5.75 Å². The van der Waals surface area contributed by atoms with Gasteiger partial charge in [0.2, 0.25) is 0 Å². The van der Waals surface area contributed by atoms with E-state index in [-0.39, 0.29) is 45.1 Å². The first-order chi connectivity index (χ1) is 7.75. The molecule has 18 heavy (non-hydrogen) atoms. The molecule has 0 saturated carbocycles. The third-order valence-electron chi connectivity index (χ3n) is 2.08. The van der Waals surface area contributed by atoms with E-state index in [1.54, 1.807) is 24.3 Å². The summed E-state index contributed by atoms with van der Waals surface area (Å²) < 4.78 is 18.4. The average molecular weight is 340 g/mol. The Labute approximate surface area is 137 Å². The predicted molar refractivity (Wildman–Crippen MR) is 66.8 cm³/mol. The van der Waals surface area contributed by atoms with Crippen LogP contribution in [-0.2, 0) is 6.61 Å². The Morgan fingerprint density at radius 1 is 1.17 bits per heavy atom. The van der Waals surface area contributed by atoms with E-state index in [9.17, 15) is 4.39 Å². The van der Waals surface area contributed by atoms with Crippen LogP contribution in [0.15, 0.2) is 42.5 Å². The molecule has 0 radical (unpaired) electrons. The van der Waals surface area contributed by atoms with Crippen LogP contribution in [0.5, 0.6) is 5.75 Å². The van der Waals surface area contributed by atoms with Gasteiger partial charge in [0.25, 0.3) is 0 Å². The topological polar surface area (TPSA) is 9.23 Å². The second-order valence-corrected chi connectivity index (χ2v) is 3.68. The van der Waals surface area contributed by atoms with Gasteiger partial charge in [0.15, 0.2) is 0 Å². The molecule has 2 rings (SSSR count). The fourth-order valence-corrected chi connectivity index (χ4v) is 1.47. The SMILES string of the molecule is Fc1ccc(COc2cc[c-]cc2)cc1Cl.[Br-].[Mg+2]. The predicted octanol–water partition coefficient (Wildman–Crippen LogP) is 0.481. The summed E-state index contributed by atoms with van der Waals surface area (Å²) in [6, 6.07) is 14.6. The Kier molecular flexibility index (Phi) is 8.60. The van der Waals surface area contributed by atoms with Crippen molar-refractivity contribution < 1.29 is 26.1 Å². The molecule has 0 unspecified atom stereocenters. The molecule has 90 valence electrons. The van der Waals surface area contributed by atoms with Crippen molar-refractivity contribution >= 4 is 34.7 Å². The summed E-state index contributed by atoms with van der Waals surface area (Å²) in [5, 5.41) is 0.113. The number of halogens is 3. The molecule has 0 amide bonds. The first kappa shape index (κ1) is 17.7. The monoisotopic (exact) mass is 338 g/mol. The second kappa shape index (κ2) is 8.75. The van der Waals surface area contributed by atoms with Crippen LogP contribution in [0.25, 0.3) is 0 Å². The third-order valence-corrected chi connectivity index (χ3v) is 2.37. The maximum atomic E-state index is 12.9. The number of ether oxygens (including phenoxy) is 1. The van der Waals surface area contributed by atoms with E-state index in [0.717, 1.165) is 11.3 Å². The van der Waals surface area contributed by atoms with Crippen LogP contribution in [0.4, 0.5) is 4.39 Å². The summed E-state index contributed by atoms with van der Waals surface area (Å²) in [5.74, 6) is 0.332. The van der Waals surface area contributed by atoms with Crippen LogP contribution < -0.4 is 21.7 Å². The number of hydrogen-bond acceptors (Lipinski definition) is 1. The molecule has 0 atom stereocenters. The smallest absolute Gasteiger partial charge is 1.00 e. The van der Waals surface area contributed by atoms with Gasteiger partial charge in [0.05, 0.1) is 5.02 Å². The van der Waals surface area contributed by atoms with E-state index in [2.05, 4.69) is 6.07 Å². The molecule has 0 fully saturated rings. The number of hydrogen-bond donors (Lipinski definition) is 0. The number of benzene rings is 2. The molecule has 2 aromatic carbocycles. The maximum absolute atomic E-state index is 12.9. The van der Waals surface area contributed by atoms with E-state index in [1.807, 2.05) is 12.1 Å². The van der Waals surface area contributed by atoms with Gasteiger partial charge < -0.3 is 21.7 Å². The molecule has 2 aromatic rings. The van der Waals surface area contributed by atoms with Gasteiger partial charge in [0.1, 0.15) is 12.4 Å². The van der Waals surface area contributed by atoms with Crippen LogP contribution in [-0.4, -0.2) is 23.1 Å². The molecule has 0 N–H and O–H groups in total. The minimum Gasteiger partial charge on any atom is -1.00 e. The van der Waals surface area contributed by atoms with Crippen LogP contribution in [0.2, 0.25) is 5.02 Å². The molecule has 5 heteroatoms. The van der Waals surface area contributed by atoms with Gasteiger partial charge in [-0.2, -0.15) is 18.2 Å². The van der Waals surface area contributed by atoms with E-state index in [1.165, 1.54) is 6.07 Å². The van der Waals surface area contributed by atoms with Crippen molar-refractivity contribution in [2.45, 2.75) is 6.61 Å². The standard InChI is InChI=1S/C13H9ClFO.BrH.Mg/c14-12-8-10(6-7-13(12)15)9-16-11-4-2-1-3-5-11;;/h2-8H,9H2;1H;/q-1;;+2/p-1. The summed E-state index contributed by atoms with van der Waals surface area (Å²) in [6.07, 6.45) is 0. The van der Waals surface area contributed by atoms with Crippen molar-refractivity contribution in [2.24, 2.45) is 0 Å². The summed E-state index contributed by atoms with van der Waals surface area (Å²) in [6.45, 7) is 0.365. The fourth-order valence-electron chi connectivity index (χ4n) is 1.26. The van der Waals surface area contributed by atoms with E-state index in [0.29, 0.717) is 6.61 Å². The van der Waals surface area contributed by atoms with Gasteiger partial charge in [0, 0.05) is 5.75 Å². The normalized spacial score (nSPS) is 9.00. The average Bonchev–Trinajstić information content (AvgIpc) is 2.32. The van der Waals surface area contributed by atoms with Crippen molar-refractivity contribution in [3.05, 3.63) is 64.9 Å². The van der Waals surface area contributed by atoms with E-state index >= 15 is 0 Å². The van der Waals surface area contributed by atoms with Gasteiger partial charge in [-0.3, -0.25) is 0 Å². The van der Waals surface area contributed by atoms with Gasteiger partial charge in [-0.1, -0.05) is 17.7 Å². The summed E-state index contributed by atoms with van der Waals surface area (Å²) in [5.41, 5.74) is 0.833. The Morgan fingerprint density at radius 3 is 2.44 bits per heavy atom. The summed E-state index contributed by atoms with van der Waals surface area (Å²) in [7, 11) is 0. The second-order valence-electron chi connectivity index (χ2n) is 3.27. The van der Waals surface area contributed by atoms with Crippen molar-refractivity contribution in [1.82, 2.24) is 0 Å². The Morgan fingerprint density at radius 2 is 1.83 bits per heavy atom. The zero-order valence-electron chi connectivity index (χ0n) is 9.50. The Bertz CT molecular complexity index is 482.